The topological polar surface area (TPSA) is 49.4 Å². The molecular formula is C22H21ClN2O2S. The number of anilines is 2. The van der Waals surface area contributed by atoms with Gasteiger partial charge in [0.05, 0.1) is 16.6 Å². The molecule has 0 aliphatic carbocycles. The minimum atomic E-state index is -3.69. The van der Waals surface area contributed by atoms with Crippen molar-refractivity contribution in [1.29, 1.82) is 0 Å². The SMILES string of the molecule is C[C@@H]1C[C@H](Nc2ccccc2)c2ccccc2N1S(=O)(=O)c1ccc(Cl)cc1. The van der Waals surface area contributed by atoms with Crippen molar-refractivity contribution in [3.63, 3.8) is 0 Å². The van der Waals surface area contributed by atoms with Crippen LogP contribution in [0.15, 0.2) is 83.8 Å². The van der Waals surface area contributed by atoms with Gasteiger partial charge in [-0.2, -0.15) is 0 Å². The smallest absolute Gasteiger partial charge is 0.264 e. The first-order valence-corrected chi connectivity index (χ1v) is 11.0. The number of para-hydroxylation sites is 2. The highest BCUT2D eigenvalue weighted by molar-refractivity contribution is 7.92. The Morgan fingerprint density at radius 1 is 0.929 bits per heavy atom. The summed E-state index contributed by atoms with van der Waals surface area (Å²) in [6, 6.07) is 23.8. The van der Waals surface area contributed by atoms with Crippen LogP contribution in [0.25, 0.3) is 0 Å². The maximum absolute atomic E-state index is 13.4. The lowest BCUT2D eigenvalue weighted by Crippen LogP contribution is -2.44. The molecule has 1 aliphatic rings. The van der Waals surface area contributed by atoms with E-state index in [0.29, 0.717) is 17.1 Å². The Morgan fingerprint density at radius 2 is 1.57 bits per heavy atom. The van der Waals surface area contributed by atoms with Gasteiger partial charge in [0.15, 0.2) is 0 Å². The molecule has 0 spiro atoms. The lowest BCUT2D eigenvalue weighted by molar-refractivity contribution is 0.537. The third kappa shape index (κ3) is 3.48. The van der Waals surface area contributed by atoms with Gasteiger partial charge in [0, 0.05) is 16.8 Å². The van der Waals surface area contributed by atoms with E-state index in [9.17, 15) is 8.42 Å². The molecule has 0 fully saturated rings. The molecule has 6 heteroatoms. The minimum absolute atomic E-state index is 0.0327. The molecule has 0 bridgehead atoms. The van der Waals surface area contributed by atoms with Crippen LogP contribution in [0.5, 0.6) is 0 Å². The zero-order valence-electron chi connectivity index (χ0n) is 15.4. The van der Waals surface area contributed by atoms with E-state index in [1.54, 1.807) is 24.3 Å². The Kier molecular flexibility index (Phi) is 5.04. The summed E-state index contributed by atoms with van der Waals surface area (Å²) in [7, 11) is -3.69. The molecule has 0 radical (unpaired) electrons. The maximum atomic E-state index is 13.4. The fourth-order valence-electron chi connectivity index (χ4n) is 3.74. The summed E-state index contributed by atoms with van der Waals surface area (Å²) in [5.41, 5.74) is 2.70. The van der Waals surface area contributed by atoms with Crippen LogP contribution in [0.2, 0.25) is 5.02 Å². The van der Waals surface area contributed by atoms with Gasteiger partial charge in [-0.25, -0.2) is 8.42 Å². The summed E-state index contributed by atoms with van der Waals surface area (Å²) in [5.74, 6) is 0. The van der Waals surface area contributed by atoms with Crippen molar-refractivity contribution < 1.29 is 8.42 Å². The third-order valence-corrected chi connectivity index (χ3v) is 7.21. The van der Waals surface area contributed by atoms with Gasteiger partial charge in [-0.05, 0) is 61.4 Å². The van der Waals surface area contributed by atoms with Crippen LogP contribution in [-0.4, -0.2) is 14.5 Å². The molecule has 144 valence electrons. The highest BCUT2D eigenvalue weighted by atomic mass is 35.5. The van der Waals surface area contributed by atoms with Crippen LogP contribution >= 0.6 is 11.6 Å². The predicted octanol–water partition coefficient (Wildman–Crippen LogP) is 5.48. The van der Waals surface area contributed by atoms with Crippen LogP contribution < -0.4 is 9.62 Å². The summed E-state index contributed by atoms with van der Waals surface area (Å²) >= 11 is 5.94. The van der Waals surface area contributed by atoms with Crippen molar-refractivity contribution in [2.45, 2.75) is 30.3 Å². The molecule has 1 heterocycles. The number of benzene rings is 3. The molecule has 4 nitrogen and oxygen atoms in total. The average Bonchev–Trinajstić information content (AvgIpc) is 2.69. The Bertz CT molecular complexity index is 1070. The van der Waals surface area contributed by atoms with Crippen molar-refractivity contribution in [1.82, 2.24) is 0 Å². The Balaban J connectivity index is 1.75. The van der Waals surface area contributed by atoms with Crippen molar-refractivity contribution in [3.8, 4) is 0 Å². The van der Waals surface area contributed by atoms with Crippen LogP contribution in [0, 0.1) is 0 Å². The second-order valence-corrected chi connectivity index (χ2v) is 9.21. The van der Waals surface area contributed by atoms with E-state index < -0.39 is 10.0 Å². The standard InChI is InChI=1S/C22H21ClN2O2S/c1-16-15-21(24-18-7-3-2-4-8-18)20-9-5-6-10-22(20)25(16)28(26,27)19-13-11-17(23)12-14-19/h2-14,16,21,24H,15H2,1H3/t16-,21+/m1/s1. The monoisotopic (exact) mass is 412 g/mol. The first kappa shape index (κ1) is 18.8. The van der Waals surface area contributed by atoms with Crippen LogP contribution in [0.4, 0.5) is 11.4 Å². The van der Waals surface area contributed by atoms with Gasteiger partial charge in [-0.3, -0.25) is 4.31 Å². The van der Waals surface area contributed by atoms with Crippen molar-refractivity contribution >= 4 is 33.0 Å². The zero-order chi connectivity index (χ0) is 19.7. The summed E-state index contributed by atoms with van der Waals surface area (Å²) in [6.07, 6.45) is 0.665. The molecule has 0 aromatic heterocycles. The Morgan fingerprint density at radius 3 is 2.29 bits per heavy atom. The molecular weight excluding hydrogens is 392 g/mol. The zero-order valence-corrected chi connectivity index (χ0v) is 17.0. The Hall–Kier alpha value is -2.50. The predicted molar refractivity (Wildman–Crippen MR) is 114 cm³/mol. The number of nitrogens with zero attached hydrogens (tertiary/aromatic N) is 1. The van der Waals surface area contributed by atoms with Gasteiger partial charge >= 0.3 is 0 Å². The lowest BCUT2D eigenvalue weighted by Gasteiger charge is -2.40. The van der Waals surface area contributed by atoms with Gasteiger partial charge in [0.1, 0.15) is 0 Å². The quantitative estimate of drug-likeness (QED) is 0.617. The van der Waals surface area contributed by atoms with E-state index in [2.05, 4.69) is 5.32 Å². The van der Waals surface area contributed by atoms with E-state index in [-0.39, 0.29) is 17.0 Å². The van der Waals surface area contributed by atoms with Crippen molar-refractivity contribution in [2.75, 3.05) is 9.62 Å². The first-order valence-electron chi connectivity index (χ1n) is 9.17. The van der Waals surface area contributed by atoms with Crippen molar-refractivity contribution in [3.05, 3.63) is 89.4 Å². The molecule has 0 saturated carbocycles. The van der Waals surface area contributed by atoms with Gasteiger partial charge < -0.3 is 5.32 Å². The summed E-state index contributed by atoms with van der Waals surface area (Å²) < 4.78 is 28.3. The van der Waals surface area contributed by atoms with Gasteiger partial charge in [-0.15, -0.1) is 0 Å². The van der Waals surface area contributed by atoms with E-state index >= 15 is 0 Å². The van der Waals surface area contributed by atoms with E-state index in [0.717, 1.165) is 11.3 Å². The number of halogens is 1. The largest absolute Gasteiger partial charge is 0.378 e. The summed E-state index contributed by atoms with van der Waals surface area (Å²) in [4.78, 5) is 0.244. The molecule has 0 unspecified atom stereocenters. The maximum Gasteiger partial charge on any atom is 0.264 e. The fraction of sp³-hybridized carbons (Fsp3) is 0.182. The van der Waals surface area contributed by atoms with Gasteiger partial charge in [0.25, 0.3) is 10.0 Å². The van der Waals surface area contributed by atoms with Crippen LogP contribution in [0.3, 0.4) is 0 Å². The number of fused-ring (bicyclic) bond motifs is 1. The summed E-state index contributed by atoms with van der Waals surface area (Å²) in [5, 5.41) is 4.06. The normalized spacial score (nSPS) is 19.1. The summed E-state index contributed by atoms with van der Waals surface area (Å²) in [6.45, 7) is 1.95. The lowest BCUT2D eigenvalue weighted by atomic mass is 9.93. The van der Waals surface area contributed by atoms with Gasteiger partial charge in [0.2, 0.25) is 0 Å². The van der Waals surface area contributed by atoms with Crippen molar-refractivity contribution in [2.24, 2.45) is 0 Å². The average molecular weight is 413 g/mol. The Labute approximate surface area is 170 Å². The molecule has 3 aromatic carbocycles. The second-order valence-electron chi connectivity index (χ2n) is 6.96. The molecule has 1 aliphatic heterocycles. The number of hydrogen-bond donors (Lipinski definition) is 1. The van der Waals surface area contributed by atoms with E-state index in [4.69, 9.17) is 11.6 Å². The van der Waals surface area contributed by atoms with E-state index in [1.807, 2.05) is 61.5 Å². The van der Waals surface area contributed by atoms with Crippen LogP contribution in [-0.2, 0) is 10.0 Å². The second kappa shape index (κ2) is 7.49. The number of nitrogens with one attached hydrogen (secondary N) is 1. The number of hydrogen-bond acceptors (Lipinski definition) is 3. The molecule has 0 saturated heterocycles. The number of sulfonamides is 1. The highest BCUT2D eigenvalue weighted by Crippen LogP contribution is 2.41. The van der Waals surface area contributed by atoms with Crippen LogP contribution in [0.1, 0.15) is 24.9 Å². The minimum Gasteiger partial charge on any atom is -0.378 e. The fourth-order valence-corrected chi connectivity index (χ4v) is 5.56. The van der Waals surface area contributed by atoms with Gasteiger partial charge in [-0.1, -0.05) is 48.0 Å². The highest BCUT2D eigenvalue weighted by Gasteiger charge is 2.37. The molecule has 28 heavy (non-hydrogen) atoms. The third-order valence-electron chi connectivity index (χ3n) is 5.01. The molecule has 3 aromatic rings. The first-order chi connectivity index (χ1) is 13.5. The van der Waals surface area contributed by atoms with E-state index in [1.165, 1.54) is 4.31 Å². The molecule has 2 atom stereocenters. The molecule has 4 rings (SSSR count). The molecule has 0 amide bonds. The number of rotatable bonds is 4. The molecule has 1 N–H and O–H groups in total.